The highest BCUT2D eigenvalue weighted by Gasteiger charge is 2.28. The van der Waals surface area contributed by atoms with Gasteiger partial charge in [0.25, 0.3) is 5.91 Å². The summed E-state index contributed by atoms with van der Waals surface area (Å²) in [6.45, 7) is 3.51. The van der Waals surface area contributed by atoms with Crippen LogP contribution in [0.15, 0.2) is 0 Å². The van der Waals surface area contributed by atoms with Crippen molar-refractivity contribution in [1.82, 2.24) is 4.90 Å². The summed E-state index contributed by atoms with van der Waals surface area (Å²) in [5.41, 5.74) is 0. The Morgan fingerprint density at radius 1 is 1.23 bits per heavy atom. The highest BCUT2D eigenvalue weighted by Crippen LogP contribution is 2.15. The Labute approximate surface area is 77.8 Å². The highest BCUT2D eigenvalue weighted by atomic mass is 16.5. The van der Waals surface area contributed by atoms with E-state index in [-0.39, 0.29) is 12.0 Å². The molecule has 2 heterocycles. The molecule has 0 aliphatic carbocycles. The molecule has 2 fully saturated rings. The molecule has 13 heavy (non-hydrogen) atoms. The lowest BCUT2D eigenvalue weighted by molar-refractivity contribution is -0.144. The third kappa shape index (κ3) is 2.00. The zero-order valence-electron chi connectivity index (χ0n) is 7.70. The summed E-state index contributed by atoms with van der Waals surface area (Å²) in [6, 6.07) is 0. The number of ether oxygens (including phenoxy) is 2. The van der Waals surface area contributed by atoms with E-state index in [1.165, 1.54) is 0 Å². The molecule has 2 saturated heterocycles. The van der Waals surface area contributed by atoms with Crippen LogP contribution in [0.4, 0.5) is 0 Å². The van der Waals surface area contributed by atoms with Crippen molar-refractivity contribution in [1.29, 1.82) is 0 Å². The Morgan fingerprint density at radius 2 is 2.00 bits per heavy atom. The fraction of sp³-hybridized carbons (Fsp3) is 0.889. The van der Waals surface area contributed by atoms with Crippen LogP contribution >= 0.6 is 0 Å². The van der Waals surface area contributed by atoms with E-state index in [1.54, 1.807) is 0 Å². The number of nitrogens with zero attached hydrogens (tertiary/aromatic N) is 1. The summed E-state index contributed by atoms with van der Waals surface area (Å²) in [7, 11) is 0. The average Bonchev–Trinajstić information content (AvgIpc) is 2.71. The van der Waals surface area contributed by atoms with Gasteiger partial charge in [-0.25, -0.2) is 0 Å². The molecule has 0 spiro atoms. The maximum atomic E-state index is 11.7. The Morgan fingerprint density at radius 3 is 2.62 bits per heavy atom. The van der Waals surface area contributed by atoms with Crippen molar-refractivity contribution in [3.05, 3.63) is 0 Å². The van der Waals surface area contributed by atoms with Gasteiger partial charge in [0.05, 0.1) is 13.2 Å². The molecule has 2 aliphatic heterocycles. The molecular formula is C9H15NO3. The molecule has 74 valence electrons. The van der Waals surface area contributed by atoms with Gasteiger partial charge >= 0.3 is 0 Å². The van der Waals surface area contributed by atoms with Gasteiger partial charge in [-0.05, 0) is 12.8 Å². The Balaban J connectivity index is 1.87. The zero-order chi connectivity index (χ0) is 9.10. The number of morpholine rings is 1. The fourth-order valence-corrected chi connectivity index (χ4v) is 1.76. The van der Waals surface area contributed by atoms with Crippen molar-refractivity contribution >= 4 is 5.91 Å². The van der Waals surface area contributed by atoms with Crippen molar-refractivity contribution in [2.75, 3.05) is 32.9 Å². The van der Waals surface area contributed by atoms with E-state index in [0.29, 0.717) is 13.2 Å². The first kappa shape index (κ1) is 8.97. The largest absolute Gasteiger partial charge is 0.378 e. The summed E-state index contributed by atoms with van der Waals surface area (Å²) in [5, 5.41) is 0. The minimum Gasteiger partial charge on any atom is -0.378 e. The average molecular weight is 185 g/mol. The number of carbonyl (C=O) groups is 1. The minimum atomic E-state index is -0.168. The molecule has 2 aliphatic rings. The number of amides is 1. The van der Waals surface area contributed by atoms with Gasteiger partial charge in [0, 0.05) is 19.7 Å². The minimum absolute atomic E-state index is 0.154. The van der Waals surface area contributed by atoms with Gasteiger partial charge in [0.2, 0.25) is 0 Å². The molecule has 0 N–H and O–H groups in total. The third-order valence-electron chi connectivity index (χ3n) is 2.53. The van der Waals surface area contributed by atoms with Crippen LogP contribution in [0.1, 0.15) is 12.8 Å². The lowest BCUT2D eigenvalue weighted by atomic mass is 10.2. The van der Waals surface area contributed by atoms with Crippen LogP contribution < -0.4 is 0 Å². The van der Waals surface area contributed by atoms with Crippen LogP contribution in [0, 0.1) is 0 Å². The maximum absolute atomic E-state index is 11.7. The quantitative estimate of drug-likeness (QED) is 0.578. The van der Waals surface area contributed by atoms with E-state index in [1.807, 2.05) is 4.90 Å². The van der Waals surface area contributed by atoms with Crippen LogP contribution in [-0.4, -0.2) is 49.8 Å². The van der Waals surface area contributed by atoms with E-state index in [0.717, 1.165) is 32.5 Å². The van der Waals surface area contributed by atoms with E-state index >= 15 is 0 Å². The molecule has 0 unspecified atom stereocenters. The van der Waals surface area contributed by atoms with Crippen molar-refractivity contribution in [3.8, 4) is 0 Å². The van der Waals surface area contributed by atoms with E-state index in [4.69, 9.17) is 9.47 Å². The van der Waals surface area contributed by atoms with Gasteiger partial charge in [-0.3, -0.25) is 4.79 Å². The number of rotatable bonds is 1. The molecule has 4 nitrogen and oxygen atoms in total. The predicted octanol–water partition coefficient (Wildman–Crippen LogP) is 0.0242. The first-order valence-electron chi connectivity index (χ1n) is 4.86. The topological polar surface area (TPSA) is 38.8 Å². The lowest BCUT2D eigenvalue weighted by Gasteiger charge is -2.28. The monoisotopic (exact) mass is 185 g/mol. The van der Waals surface area contributed by atoms with Crippen molar-refractivity contribution in [2.24, 2.45) is 0 Å². The van der Waals surface area contributed by atoms with Gasteiger partial charge in [0.1, 0.15) is 6.10 Å². The highest BCUT2D eigenvalue weighted by molar-refractivity contribution is 5.81. The smallest absolute Gasteiger partial charge is 0.251 e. The Hall–Kier alpha value is -0.610. The first-order chi connectivity index (χ1) is 6.38. The molecule has 1 atom stereocenters. The summed E-state index contributed by atoms with van der Waals surface area (Å²) in [4.78, 5) is 13.6. The SMILES string of the molecule is O=C([C@@H]1CCCO1)N1CCOCC1. The molecule has 0 saturated carbocycles. The zero-order valence-corrected chi connectivity index (χ0v) is 7.70. The molecule has 0 bridgehead atoms. The lowest BCUT2D eigenvalue weighted by Crippen LogP contribution is -2.45. The summed E-state index contributed by atoms with van der Waals surface area (Å²) >= 11 is 0. The molecule has 0 aromatic heterocycles. The van der Waals surface area contributed by atoms with Gasteiger partial charge < -0.3 is 14.4 Å². The van der Waals surface area contributed by atoms with Crippen LogP contribution in [0.2, 0.25) is 0 Å². The van der Waals surface area contributed by atoms with Gasteiger partial charge in [-0.15, -0.1) is 0 Å². The number of hydrogen-bond acceptors (Lipinski definition) is 3. The second-order valence-electron chi connectivity index (χ2n) is 3.44. The number of carbonyl (C=O) groups excluding carboxylic acids is 1. The van der Waals surface area contributed by atoms with Gasteiger partial charge in [-0.2, -0.15) is 0 Å². The van der Waals surface area contributed by atoms with Gasteiger partial charge in [0.15, 0.2) is 0 Å². The van der Waals surface area contributed by atoms with E-state index in [9.17, 15) is 4.79 Å². The number of hydrogen-bond donors (Lipinski definition) is 0. The Bertz CT molecular complexity index is 183. The molecule has 0 radical (unpaired) electrons. The van der Waals surface area contributed by atoms with Crippen molar-refractivity contribution < 1.29 is 14.3 Å². The normalized spacial score (nSPS) is 29.2. The maximum Gasteiger partial charge on any atom is 0.251 e. The molecule has 0 aromatic carbocycles. The van der Waals surface area contributed by atoms with Crippen molar-refractivity contribution in [2.45, 2.75) is 18.9 Å². The molecule has 4 heteroatoms. The molecule has 2 rings (SSSR count). The predicted molar refractivity (Wildman–Crippen MR) is 46.4 cm³/mol. The summed E-state index contributed by atoms with van der Waals surface area (Å²) in [5.74, 6) is 0.154. The second-order valence-corrected chi connectivity index (χ2v) is 3.44. The second kappa shape index (κ2) is 4.07. The van der Waals surface area contributed by atoms with Crippen LogP contribution in [0.25, 0.3) is 0 Å². The van der Waals surface area contributed by atoms with Crippen molar-refractivity contribution in [3.63, 3.8) is 0 Å². The molecule has 1 amide bonds. The van der Waals surface area contributed by atoms with E-state index in [2.05, 4.69) is 0 Å². The summed E-state index contributed by atoms with van der Waals surface area (Å²) < 4.78 is 10.5. The van der Waals surface area contributed by atoms with Crippen LogP contribution in [-0.2, 0) is 14.3 Å². The van der Waals surface area contributed by atoms with Crippen LogP contribution in [0.3, 0.4) is 0 Å². The standard InChI is InChI=1S/C9H15NO3/c11-9(8-2-1-5-13-8)10-3-6-12-7-4-10/h8H,1-7H2/t8-/m0/s1. The molecule has 0 aromatic rings. The Kier molecular flexibility index (Phi) is 2.80. The van der Waals surface area contributed by atoms with Gasteiger partial charge in [-0.1, -0.05) is 0 Å². The first-order valence-corrected chi connectivity index (χ1v) is 4.86. The third-order valence-corrected chi connectivity index (χ3v) is 2.53. The van der Waals surface area contributed by atoms with Crippen LogP contribution in [0.5, 0.6) is 0 Å². The van der Waals surface area contributed by atoms with E-state index < -0.39 is 0 Å². The molecular weight excluding hydrogens is 170 g/mol. The fourth-order valence-electron chi connectivity index (χ4n) is 1.76. The summed E-state index contributed by atoms with van der Waals surface area (Å²) in [6.07, 6.45) is 1.73.